The molecule has 0 aliphatic carbocycles. The van der Waals surface area contributed by atoms with Crippen molar-refractivity contribution in [2.45, 2.75) is 6.92 Å². The molecule has 0 bridgehead atoms. The quantitative estimate of drug-likeness (QED) is 0.629. The lowest BCUT2D eigenvalue weighted by Crippen LogP contribution is -2.34. The zero-order valence-electron chi connectivity index (χ0n) is 7.11. The lowest BCUT2D eigenvalue weighted by Gasteiger charge is -2.17. The van der Waals surface area contributed by atoms with Gasteiger partial charge >= 0.3 is 0 Å². The highest BCUT2D eigenvalue weighted by atomic mass is 16.2. The van der Waals surface area contributed by atoms with E-state index >= 15 is 0 Å². The molecular weight excluding hydrogens is 154 g/mol. The second-order valence-corrected chi connectivity index (χ2v) is 2.51. The minimum Gasteiger partial charge on any atom is -0.301 e. The number of nitrogens with one attached hydrogen (secondary N) is 1. The van der Waals surface area contributed by atoms with Crippen LogP contribution in [0.5, 0.6) is 0 Å². The molecule has 0 fully saturated rings. The minimum absolute atomic E-state index is 0.0438. The predicted molar refractivity (Wildman–Crippen MR) is 45.1 cm³/mol. The Morgan fingerprint density at radius 1 is 1.50 bits per heavy atom. The summed E-state index contributed by atoms with van der Waals surface area (Å²) in [6, 6.07) is 3.25. The van der Waals surface area contributed by atoms with Gasteiger partial charge < -0.3 is 5.41 Å². The van der Waals surface area contributed by atoms with Gasteiger partial charge in [-0.25, -0.2) is 0 Å². The van der Waals surface area contributed by atoms with Crippen molar-refractivity contribution in [3.8, 4) is 0 Å². The highest BCUT2D eigenvalue weighted by Gasteiger charge is 2.00. The zero-order valence-corrected chi connectivity index (χ0v) is 7.11. The largest absolute Gasteiger partial charge is 0.301 e. The first-order valence-corrected chi connectivity index (χ1v) is 3.59. The van der Waals surface area contributed by atoms with Crippen LogP contribution in [0.25, 0.3) is 0 Å². The third kappa shape index (κ3) is 1.72. The van der Waals surface area contributed by atoms with E-state index in [-0.39, 0.29) is 5.91 Å². The molecule has 0 aliphatic rings. The highest BCUT2D eigenvalue weighted by molar-refractivity contribution is 5.82. The molecule has 1 heterocycles. The first-order chi connectivity index (χ1) is 5.61. The molecule has 0 spiro atoms. The van der Waals surface area contributed by atoms with E-state index < -0.39 is 0 Å². The molecule has 1 aromatic rings. The molecule has 1 N–H and O–H groups in total. The van der Waals surface area contributed by atoms with Crippen molar-refractivity contribution in [1.29, 1.82) is 5.41 Å². The Bertz CT molecular complexity index is 322. The summed E-state index contributed by atoms with van der Waals surface area (Å²) in [5.41, 5.74) is 0. The standard InChI is InChI=1S/C8H11N3O/c1-7(12)10(2)11-5-3-8(9)4-6-11/h3-6,9H,1-2H3. The fourth-order valence-electron chi connectivity index (χ4n) is 0.781. The van der Waals surface area contributed by atoms with Gasteiger partial charge in [0.15, 0.2) is 0 Å². The van der Waals surface area contributed by atoms with Crippen molar-refractivity contribution < 1.29 is 4.79 Å². The molecule has 0 saturated carbocycles. The van der Waals surface area contributed by atoms with Gasteiger partial charge in [-0.15, -0.1) is 0 Å². The third-order valence-electron chi connectivity index (χ3n) is 1.62. The summed E-state index contributed by atoms with van der Waals surface area (Å²) in [4.78, 5) is 10.9. The second-order valence-electron chi connectivity index (χ2n) is 2.51. The van der Waals surface area contributed by atoms with E-state index in [0.29, 0.717) is 5.36 Å². The predicted octanol–water partition coefficient (Wildman–Crippen LogP) is 0.0819. The van der Waals surface area contributed by atoms with Crippen molar-refractivity contribution in [1.82, 2.24) is 4.68 Å². The fourth-order valence-corrected chi connectivity index (χ4v) is 0.781. The molecule has 1 rings (SSSR count). The molecule has 0 saturated heterocycles. The maximum atomic E-state index is 10.9. The number of aromatic nitrogens is 1. The molecule has 0 aliphatic heterocycles. The van der Waals surface area contributed by atoms with Crippen LogP contribution >= 0.6 is 0 Å². The van der Waals surface area contributed by atoms with Gasteiger partial charge in [0.05, 0.1) is 5.36 Å². The summed E-state index contributed by atoms with van der Waals surface area (Å²) in [7, 11) is 1.67. The number of carbonyl (C=O) groups excluding carboxylic acids is 1. The molecule has 4 heteroatoms. The van der Waals surface area contributed by atoms with Crippen molar-refractivity contribution >= 4 is 5.91 Å². The first-order valence-electron chi connectivity index (χ1n) is 3.59. The number of hydrogen-bond donors (Lipinski definition) is 1. The summed E-state index contributed by atoms with van der Waals surface area (Å²) >= 11 is 0. The Balaban J connectivity index is 2.97. The van der Waals surface area contributed by atoms with E-state index in [4.69, 9.17) is 5.41 Å². The second kappa shape index (κ2) is 3.21. The average Bonchev–Trinajstić information content (AvgIpc) is 2.04. The summed E-state index contributed by atoms with van der Waals surface area (Å²) in [5, 5.41) is 9.11. The smallest absolute Gasteiger partial charge is 0.237 e. The van der Waals surface area contributed by atoms with Crippen molar-refractivity contribution in [3.63, 3.8) is 0 Å². The van der Waals surface area contributed by atoms with Crippen LogP contribution in [0.1, 0.15) is 6.92 Å². The molecule has 4 nitrogen and oxygen atoms in total. The van der Waals surface area contributed by atoms with Crippen molar-refractivity contribution in [3.05, 3.63) is 29.9 Å². The molecule has 0 aromatic carbocycles. The van der Waals surface area contributed by atoms with Crippen LogP contribution in [0.4, 0.5) is 0 Å². The summed E-state index contributed by atoms with van der Waals surface area (Å²) in [5.74, 6) is -0.0438. The summed E-state index contributed by atoms with van der Waals surface area (Å²) < 4.78 is 1.63. The van der Waals surface area contributed by atoms with Gasteiger partial charge in [-0.3, -0.25) is 14.5 Å². The maximum Gasteiger partial charge on any atom is 0.237 e. The van der Waals surface area contributed by atoms with Gasteiger partial charge in [0.1, 0.15) is 0 Å². The van der Waals surface area contributed by atoms with E-state index in [2.05, 4.69) is 0 Å². The highest BCUT2D eigenvalue weighted by Crippen LogP contribution is 1.86. The van der Waals surface area contributed by atoms with Crippen LogP contribution < -0.4 is 10.4 Å². The number of hydrogen-bond acceptors (Lipinski definition) is 2. The topological polar surface area (TPSA) is 49.1 Å². The van der Waals surface area contributed by atoms with E-state index in [1.165, 1.54) is 11.9 Å². The summed E-state index contributed by atoms with van der Waals surface area (Å²) in [6.45, 7) is 1.49. The van der Waals surface area contributed by atoms with E-state index in [9.17, 15) is 4.79 Å². The van der Waals surface area contributed by atoms with E-state index in [1.54, 1.807) is 36.3 Å². The molecule has 1 amide bonds. The van der Waals surface area contributed by atoms with Crippen LogP contribution in [0.2, 0.25) is 0 Å². The third-order valence-corrected chi connectivity index (χ3v) is 1.62. The molecular formula is C8H11N3O. The van der Waals surface area contributed by atoms with Gasteiger partial charge in [0.2, 0.25) is 5.91 Å². The van der Waals surface area contributed by atoms with Gasteiger partial charge in [-0.1, -0.05) is 0 Å². The van der Waals surface area contributed by atoms with Gasteiger partial charge in [0, 0.05) is 26.4 Å². The monoisotopic (exact) mass is 165 g/mol. The van der Waals surface area contributed by atoms with Gasteiger partial charge in [0.25, 0.3) is 0 Å². The Kier molecular flexibility index (Phi) is 2.28. The number of amides is 1. The zero-order chi connectivity index (χ0) is 9.14. The van der Waals surface area contributed by atoms with Gasteiger partial charge in [-0.05, 0) is 12.1 Å². The SMILES string of the molecule is CC(=O)N(C)n1ccc(=N)cc1. The van der Waals surface area contributed by atoms with Gasteiger partial charge in [-0.2, -0.15) is 0 Å². The maximum absolute atomic E-state index is 10.9. The van der Waals surface area contributed by atoms with Crippen LogP contribution in [0.15, 0.2) is 24.5 Å². The van der Waals surface area contributed by atoms with Crippen LogP contribution in [-0.4, -0.2) is 17.6 Å². The molecule has 12 heavy (non-hydrogen) atoms. The fraction of sp³-hybridized carbons (Fsp3) is 0.250. The Morgan fingerprint density at radius 2 is 2.00 bits per heavy atom. The lowest BCUT2D eigenvalue weighted by molar-refractivity contribution is -0.117. The van der Waals surface area contributed by atoms with E-state index in [1.807, 2.05) is 0 Å². The minimum atomic E-state index is -0.0438. The van der Waals surface area contributed by atoms with Crippen molar-refractivity contribution in [2.75, 3.05) is 12.1 Å². The Hall–Kier alpha value is -1.58. The number of nitrogens with zero attached hydrogens (tertiary/aromatic N) is 2. The molecule has 0 radical (unpaired) electrons. The summed E-state index contributed by atoms with van der Waals surface area (Å²) in [6.07, 6.45) is 3.34. The van der Waals surface area contributed by atoms with Crippen LogP contribution in [-0.2, 0) is 4.79 Å². The molecule has 0 unspecified atom stereocenters. The Morgan fingerprint density at radius 3 is 2.42 bits per heavy atom. The number of carbonyl (C=O) groups is 1. The van der Waals surface area contributed by atoms with E-state index in [0.717, 1.165) is 0 Å². The molecule has 1 aromatic heterocycles. The first kappa shape index (κ1) is 8.52. The van der Waals surface area contributed by atoms with Crippen LogP contribution in [0, 0.1) is 5.41 Å². The normalized spacial score (nSPS) is 9.50. The Labute approximate surface area is 70.5 Å². The molecule has 0 atom stereocenters. The molecule has 64 valence electrons. The van der Waals surface area contributed by atoms with Crippen LogP contribution in [0.3, 0.4) is 0 Å². The lowest BCUT2D eigenvalue weighted by atomic mass is 10.5. The number of pyridine rings is 1. The van der Waals surface area contributed by atoms with Crippen molar-refractivity contribution in [2.24, 2.45) is 0 Å². The number of rotatable bonds is 1. The average molecular weight is 165 g/mol.